The van der Waals surface area contributed by atoms with Gasteiger partial charge in [0.2, 0.25) is 5.91 Å². The lowest BCUT2D eigenvalue weighted by Crippen LogP contribution is -2.41. The number of thioether (sulfide) groups is 1. The van der Waals surface area contributed by atoms with Crippen molar-refractivity contribution in [3.8, 4) is 0 Å². The third-order valence-electron chi connectivity index (χ3n) is 3.25. The van der Waals surface area contributed by atoms with Crippen LogP contribution in [-0.2, 0) is 4.79 Å². The molecule has 0 bridgehead atoms. The summed E-state index contributed by atoms with van der Waals surface area (Å²) in [6.45, 7) is 4.03. The van der Waals surface area contributed by atoms with E-state index >= 15 is 0 Å². The maximum Gasteiger partial charge on any atom is 0.225 e. The molecular formula is C11H20N2OS. The van der Waals surface area contributed by atoms with Gasteiger partial charge in [-0.25, -0.2) is 0 Å². The lowest BCUT2D eigenvalue weighted by atomic mass is 9.99. The Bertz CT molecular complexity index is 209. The van der Waals surface area contributed by atoms with Crippen LogP contribution in [0.1, 0.15) is 19.3 Å². The molecule has 1 atom stereocenters. The molecule has 2 saturated heterocycles. The van der Waals surface area contributed by atoms with Crippen molar-refractivity contribution in [1.82, 2.24) is 10.2 Å². The number of carbonyl (C=O) groups excluding carboxylic acids is 1. The summed E-state index contributed by atoms with van der Waals surface area (Å²) in [4.78, 5) is 14.3. The summed E-state index contributed by atoms with van der Waals surface area (Å²) in [5.74, 6) is 2.95. The average molecular weight is 228 g/mol. The fourth-order valence-corrected chi connectivity index (χ4v) is 3.21. The molecule has 0 saturated carbocycles. The van der Waals surface area contributed by atoms with E-state index in [0.717, 1.165) is 56.9 Å². The predicted octanol–water partition coefficient (Wildman–Crippen LogP) is 0.951. The highest BCUT2D eigenvalue weighted by molar-refractivity contribution is 7.99. The minimum Gasteiger partial charge on any atom is -0.341 e. The fourth-order valence-electron chi connectivity index (χ4n) is 2.31. The minimum atomic E-state index is 0.295. The summed E-state index contributed by atoms with van der Waals surface area (Å²) in [5.41, 5.74) is 0. The van der Waals surface area contributed by atoms with Crippen LogP contribution in [0.4, 0.5) is 0 Å². The normalized spacial score (nSPS) is 28.5. The first-order chi connectivity index (χ1) is 7.38. The van der Waals surface area contributed by atoms with E-state index in [0.29, 0.717) is 11.8 Å². The van der Waals surface area contributed by atoms with Gasteiger partial charge in [-0.05, 0) is 32.4 Å². The Labute approximate surface area is 96.0 Å². The summed E-state index contributed by atoms with van der Waals surface area (Å²) >= 11 is 1.96. The summed E-state index contributed by atoms with van der Waals surface area (Å²) in [5, 5.41) is 3.36. The van der Waals surface area contributed by atoms with Gasteiger partial charge in [0.1, 0.15) is 0 Å². The first kappa shape index (κ1) is 11.3. The van der Waals surface area contributed by atoms with Gasteiger partial charge in [0.15, 0.2) is 0 Å². The van der Waals surface area contributed by atoms with E-state index in [1.54, 1.807) is 0 Å². The van der Waals surface area contributed by atoms with Crippen molar-refractivity contribution in [3.05, 3.63) is 0 Å². The van der Waals surface area contributed by atoms with Gasteiger partial charge in [-0.1, -0.05) is 0 Å². The van der Waals surface area contributed by atoms with Crippen LogP contribution in [0.3, 0.4) is 0 Å². The van der Waals surface area contributed by atoms with Crippen molar-refractivity contribution in [2.45, 2.75) is 19.3 Å². The molecule has 1 N–H and O–H groups in total. The van der Waals surface area contributed by atoms with Gasteiger partial charge in [0.25, 0.3) is 0 Å². The van der Waals surface area contributed by atoms with Crippen LogP contribution in [0.15, 0.2) is 0 Å². The van der Waals surface area contributed by atoms with E-state index in [1.807, 2.05) is 11.8 Å². The Morgan fingerprint density at radius 1 is 1.20 bits per heavy atom. The van der Waals surface area contributed by atoms with E-state index in [9.17, 15) is 4.79 Å². The number of nitrogens with one attached hydrogen (secondary N) is 1. The molecule has 0 aromatic carbocycles. The second kappa shape index (κ2) is 5.75. The van der Waals surface area contributed by atoms with Gasteiger partial charge in [0.05, 0.1) is 0 Å². The summed E-state index contributed by atoms with van der Waals surface area (Å²) in [7, 11) is 0. The number of nitrogens with zero attached hydrogens (tertiary/aromatic N) is 1. The molecule has 0 spiro atoms. The standard InChI is InChI=1S/C11H20N2OS/c14-11(13-6-8-15-9-7-13)10-2-1-4-12-5-3-10/h10,12H,1-9H2/t10-/m0/s1. The molecule has 86 valence electrons. The molecule has 0 aromatic rings. The van der Waals surface area contributed by atoms with Crippen LogP contribution in [0.2, 0.25) is 0 Å². The molecule has 0 aromatic heterocycles. The van der Waals surface area contributed by atoms with Crippen LogP contribution >= 0.6 is 11.8 Å². The van der Waals surface area contributed by atoms with Crippen molar-refractivity contribution in [3.63, 3.8) is 0 Å². The lowest BCUT2D eigenvalue weighted by Gasteiger charge is -2.29. The van der Waals surface area contributed by atoms with Gasteiger partial charge in [-0.3, -0.25) is 4.79 Å². The van der Waals surface area contributed by atoms with E-state index < -0.39 is 0 Å². The van der Waals surface area contributed by atoms with Gasteiger partial charge >= 0.3 is 0 Å². The van der Waals surface area contributed by atoms with E-state index in [2.05, 4.69) is 10.2 Å². The third kappa shape index (κ3) is 3.11. The Hall–Kier alpha value is -0.220. The van der Waals surface area contributed by atoms with E-state index in [-0.39, 0.29) is 0 Å². The van der Waals surface area contributed by atoms with Crippen molar-refractivity contribution >= 4 is 17.7 Å². The monoisotopic (exact) mass is 228 g/mol. The average Bonchev–Trinajstić information content (AvgIpc) is 2.58. The first-order valence-corrected chi connectivity index (χ1v) is 7.10. The molecule has 15 heavy (non-hydrogen) atoms. The molecule has 2 fully saturated rings. The molecule has 0 radical (unpaired) electrons. The molecule has 4 heteroatoms. The van der Waals surface area contributed by atoms with Crippen LogP contribution in [0, 0.1) is 5.92 Å². The number of carbonyl (C=O) groups is 1. The molecule has 0 unspecified atom stereocenters. The number of amides is 1. The first-order valence-electron chi connectivity index (χ1n) is 5.95. The van der Waals surface area contributed by atoms with E-state index in [4.69, 9.17) is 0 Å². The van der Waals surface area contributed by atoms with Crippen molar-refractivity contribution in [1.29, 1.82) is 0 Å². The van der Waals surface area contributed by atoms with Crippen LogP contribution < -0.4 is 5.32 Å². The number of hydrogen-bond acceptors (Lipinski definition) is 3. The molecular weight excluding hydrogens is 208 g/mol. The highest BCUT2D eigenvalue weighted by atomic mass is 32.2. The van der Waals surface area contributed by atoms with Gasteiger partial charge in [-0.15, -0.1) is 0 Å². The molecule has 0 aliphatic carbocycles. The summed E-state index contributed by atoms with van der Waals surface area (Å²) in [6.07, 6.45) is 3.26. The van der Waals surface area contributed by atoms with Gasteiger partial charge in [-0.2, -0.15) is 11.8 Å². The third-order valence-corrected chi connectivity index (χ3v) is 4.19. The fraction of sp³-hybridized carbons (Fsp3) is 0.909. The summed E-state index contributed by atoms with van der Waals surface area (Å²) < 4.78 is 0. The van der Waals surface area contributed by atoms with Crippen molar-refractivity contribution in [2.75, 3.05) is 37.7 Å². The highest BCUT2D eigenvalue weighted by Gasteiger charge is 2.25. The molecule has 2 rings (SSSR count). The minimum absolute atomic E-state index is 0.295. The smallest absolute Gasteiger partial charge is 0.225 e. The topological polar surface area (TPSA) is 32.3 Å². The quantitative estimate of drug-likeness (QED) is 0.725. The Morgan fingerprint density at radius 3 is 2.80 bits per heavy atom. The van der Waals surface area contributed by atoms with Gasteiger partial charge in [0, 0.05) is 30.5 Å². The second-order valence-electron chi connectivity index (χ2n) is 4.32. The SMILES string of the molecule is O=C([C@H]1CCCNCC1)N1CCSCC1. The molecule has 2 aliphatic heterocycles. The zero-order chi connectivity index (χ0) is 10.5. The van der Waals surface area contributed by atoms with Crippen LogP contribution in [0.5, 0.6) is 0 Å². The van der Waals surface area contributed by atoms with Gasteiger partial charge < -0.3 is 10.2 Å². The molecule has 1 amide bonds. The lowest BCUT2D eigenvalue weighted by molar-refractivity contribution is -0.135. The second-order valence-corrected chi connectivity index (χ2v) is 5.54. The van der Waals surface area contributed by atoms with Crippen molar-refractivity contribution < 1.29 is 4.79 Å². The molecule has 3 nitrogen and oxygen atoms in total. The number of rotatable bonds is 1. The largest absolute Gasteiger partial charge is 0.341 e. The zero-order valence-electron chi connectivity index (χ0n) is 9.21. The Morgan fingerprint density at radius 2 is 2.00 bits per heavy atom. The maximum absolute atomic E-state index is 12.2. The predicted molar refractivity (Wildman–Crippen MR) is 64.1 cm³/mol. The molecule has 2 heterocycles. The van der Waals surface area contributed by atoms with E-state index in [1.165, 1.54) is 0 Å². The summed E-state index contributed by atoms with van der Waals surface area (Å²) in [6, 6.07) is 0. The Balaban J connectivity index is 1.87. The Kier molecular flexibility index (Phi) is 4.32. The highest BCUT2D eigenvalue weighted by Crippen LogP contribution is 2.19. The van der Waals surface area contributed by atoms with Crippen molar-refractivity contribution in [2.24, 2.45) is 5.92 Å². The number of hydrogen-bond donors (Lipinski definition) is 1. The maximum atomic E-state index is 12.2. The van der Waals surface area contributed by atoms with Crippen LogP contribution in [0.25, 0.3) is 0 Å². The molecule has 2 aliphatic rings. The van der Waals surface area contributed by atoms with Crippen LogP contribution in [-0.4, -0.2) is 48.5 Å². The zero-order valence-corrected chi connectivity index (χ0v) is 10.0.